The minimum Gasteiger partial charge on any atom is -0.480 e. The number of nitrogens with zero attached hydrogens (tertiary/aromatic N) is 2. The predicted molar refractivity (Wildman–Crippen MR) is 131 cm³/mol. The molecule has 174 valence electrons. The zero-order chi connectivity index (χ0) is 24.2. The molecule has 0 radical (unpaired) electrons. The lowest BCUT2D eigenvalue weighted by molar-refractivity contribution is -0.138. The van der Waals surface area contributed by atoms with E-state index in [-0.39, 0.29) is 5.91 Å². The molecule has 1 amide bonds. The first kappa shape index (κ1) is 24.8. The molecule has 3 aromatic rings. The molecule has 0 fully saturated rings. The molecule has 0 saturated carbocycles. The summed E-state index contributed by atoms with van der Waals surface area (Å²) in [7, 11) is 1.60. The zero-order valence-corrected chi connectivity index (χ0v) is 20.5. The quantitative estimate of drug-likeness (QED) is 0.394. The molecule has 0 spiro atoms. The molecule has 7 nitrogen and oxygen atoms in total. The molecule has 0 aliphatic carbocycles. The third kappa shape index (κ3) is 5.76. The van der Waals surface area contributed by atoms with Crippen molar-refractivity contribution in [2.45, 2.75) is 37.0 Å². The number of ether oxygens (including phenoxy) is 1. The summed E-state index contributed by atoms with van der Waals surface area (Å²) >= 11 is 7.47. The third-order valence-electron chi connectivity index (χ3n) is 5.00. The Morgan fingerprint density at radius 2 is 1.85 bits per heavy atom. The summed E-state index contributed by atoms with van der Waals surface area (Å²) in [5.41, 5.74) is 2.33. The topological polar surface area (TPSA) is 93.4 Å². The lowest BCUT2D eigenvalue weighted by Crippen LogP contribution is -2.26. The van der Waals surface area contributed by atoms with Gasteiger partial charge in [0.15, 0.2) is 0 Å². The standard InChI is InChI=1S/C24H26ClN3O4S/c1-15-20(22(29)27-19-8-6-5-7-18(19)25)28(13-14-32-4)21(26-15)16-9-11-17(12-10-16)33-24(2,3)23(30)31/h5-12H,13-14H2,1-4H3,(H,27,29)(H,30,31). The molecule has 2 aromatic carbocycles. The van der Waals surface area contributed by atoms with E-state index in [1.165, 1.54) is 11.8 Å². The second kappa shape index (κ2) is 10.4. The van der Waals surface area contributed by atoms with E-state index in [0.29, 0.717) is 41.1 Å². The Labute approximate surface area is 202 Å². The van der Waals surface area contributed by atoms with Crippen LogP contribution < -0.4 is 5.32 Å². The van der Waals surface area contributed by atoms with Gasteiger partial charge in [0, 0.05) is 24.1 Å². The Hall–Kier alpha value is -2.81. The highest BCUT2D eigenvalue weighted by Crippen LogP contribution is 2.34. The first-order chi connectivity index (χ1) is 15.6. The lowest BCUT2D eigenvalue weighted by atomic mass is 10.2. The van der Waals surface area contributed by atoms with E-state index in [9.17, 15) is 14.7 Å². The van der Waals surface area contributed by atoms with Crippen molar-refractivity contribution in [3.63, 3.8) is 0 Å². The van der Waals surface area contributed by atoms with Gasteiger partial charge in [-0.25, -0.2) is 4.98 Å². The number of aromatic nitrogens is 2. The summed E-state index contributed by atoms with van der Waals surface area (Å²) in [5, 5.41) is 12.7. The van der Waals surface area contributed by atoms with E-state index in [1.54, 1.807) is 52.1 Å². The molecule has 1 aromatic heterocycles. The van der Waals surface area contributed by atoms with Crippen molar-refractivity contribution >= 4 is 40.9 Å². The fourth-order valence-corrected chi connectivity index (χ4v) is 4.37. The van der Waals surface area contributed by atoms with Gasteiger partial charge in [-0.3, -0.25) is 9.59 Å². The van der Waals surface area contributed by atoms with Crippen molar-refractivity contribution in [2.24, 2.45) is 0 Å². The third-order valence-corrected chi connectivity index (χ3v) is 6.52. The average molecular weight is 488 g/mol. The van der Waals surface area contributed by atoms with Crippen molar-refractivity contribution in [2.75, 3.05) is 19.0 Å². The monoisotopic (exact) mass is 487 g/mol. The van der Waals surface area contributed by atoms with Gasteiger partial charge < -0.3 is 19.7 Å². The maximum Gasteiger partial charge on any atom is 0.319 e. The van der Waals surface area contributed by atoms with Gasteiger partial charge in [0.2, 0.25) is 0 Å². The van der Waals surface area contributed by atoms with Crippen LogP contribution in [0.25, 0.3) is 11.4 Å². The number of carboxylic acid groups (broad SMARTS) is 1. The maximum atomic E-state index is 13.2. The second-order valence-corrected chi connectivity index (χ2v) is 9.99. The van der Waals surface area contributed by atoms with Crippen LogP contribution in [0.2, 0.25) is 5.02 Å². The lowest BCUT2D eigenvalue weighted by Gasteiger charge is -2.18. The number of aryl methyl sites for hydroxylation is 1. The van der Waals surface area contributed by atoms with E-state index in [2.05, 4.69) is 10.3 Å². The predicted octanol–water partition coefficient (Wildman–Crippen LogP) is 5.37. The van der Waals surface area contributed by atoms with Crippen molar-refractivity contribution in [3.05, 3.63) is 64.9 Å². The largest absolute Gasteiger partial charge is 0.480 e. The van der Waals surface area contributed by atoms with Crippen LogP contribution >= 0.6 is 23.4 Å². The van der Waals surface area contributed by atoms with E-state index < -0.39 is 10.7 Å². The number of anilines is 1. The van der Waals surface area contributed by atoms with Crippen LogP contribution in [-0.2, 0) is 16.1 Å². The van der Waals surface area contributed by atoms with Crippen LogP contribution in [0.4, 0.5) is 5.69 Å². The minimum absolute atomic E-state index is 0.314. The van der Waals surface area contributed by atoms with Gasteiger partial charge in [-0.2, -0.15) is 0 Å². The molecule has 9 heteroatoms. The minimum atomic E-state index is -0.945. The zero-order valence-electron chi connectivity index (χ0n) is 18.9. The van der Waals surface area contributed by atoms with Crippen LogP contribution in [-0.4, -0.2) is 45.0 Å². The van der Waals surface area contributed by atoms with Gasteiger partial charge in [-0.1, -0.05) is 35.9 Å². The molecule has 33 heavy (non-hydrogen) atoms. The average Bonchev–Trinajstić information content (AvgIpc) is 3.10. The Balaban J connectivity index is 1.95. The van der Waals surface area contributed by atoms with Crippen molar-refractivity contribution in [1.29, 1.82) is 0 Å². The van der Waals surface area contributed by atoms with Crippen LogP contribution in [0.15, 0.2) is 53.4 Å². The normalized spacial score (nSPS) is 11.4. The van der Waals surface area contributed by atoms with Gasteiger partial charge in [0.25, 0.3) is 5.91 Å². The highest BCUT2D eigenvalue weighted by Gasteiger charge is 2.28. The number of para-hydroxylation sites is 1. The van der Waals surface area contributed by atoms with Crippen molar-refractivity contribution in [1.82, 2.24) is 9.55 Å². The summed E-state index contributed by atoms with van der Waals surface area (Å²) in [5.74, 6) is -0.565. The molecule has 3 rings (SSSR count). The number of imidazole rings is 1. The molecule has 0 unspecified atom stereocenters. The molecule has 0 aliphatic heterocycles. The number of amides is 1. The Bertz CT molecular complexity index is 1160. The number of nitrogens with one attached hydrogen (secondary N) is 1. The Morgan fingerprint density at radius 1 is 1.18 bits per heavy atom. The molecule has 2 N–H and O–H groups in total. The smallest absolute Gasteiger partial charge is 0.319 e. The highest BCUT2D eigenvalue weighted by atomic mass is 35.5. The molecule has 0 atom stereocenters. The maximum absolute atomic E-state index is 13.2. The Morgan fingerprint density at radius 3 is 2.45 bits per heavy atom. The van der Waals surface area contributed by atoms with Crippen molar-refractivity contribution in [3.8, 4) is 11.4 Å². The van der Waals surface area contributed by atoms with E-state index in [4.69, 9.17) is 16.3 Å². The number of hydrogen-bond acceptors (Lipinski definition) is 5. The van der Waals surface area contributed by atoms with Crippen LogP contribution in [0.3, 0.4) is 0 Å². The van der Waals surface area contributed by atoms with Crippen molar-refractivity contribution < 1.29 is 19.4 Å². The number of benzene rings is 2. The summed E-state index contributed by atoms with van der Waals surface area (Å²) in [6, 6.07) is 14.5. The SMILES string of the molecule is COCCn1c(-c2ccc(SC(C)(C)C(=O)O)cc2)nc(C)c1C(=O)Nc1ccccc1Cl. The summed E-state index contributed by atoms with van der Waals surface area (Å²) in [4.78, 5) is 30.1. The first-order valence-corrected chi connectivity index (χ1v) is 11.5. The molecular formula is C24H26ClN3O4S. The number of aliphatic carboxylic acids is 1. The number of hydrogen-bond donors (Lipinski definition) is 2. The first-order valence-electron chi connectivity index (χ1n) is 10.3. The second-order valence-electron chi connectivity index (χ2n) is 7.89. The fraction of sp³-hybridized carbons (Fsp3) is 0.292. The van der Waals surface area contributed by atoms with Crippen LogP contribution in [0.5, 0.6) is 0 Å². The fourth-order valence-electron chi connectivity index (χ4n) is 3.24. The number of methoxy groups -OCH3 is 1. The molecule has 1 heterocycles. The Kier molecular flexibility index (Phi) is 7.84. The molecule has 0 bridgehead atoms. The number of halogens is 1. The van der Waals surface area contributed by atoms with E-state index >= 15 is 0 Å². The number of carboxylic acids is 1. The molecular weight excluding hydrogens is 462 g/mol. The molecule has 0 aliphatic rings. The van der Waals surface area contributed by atoms with Gasteiger partial charge in [-0.15, -0.1) is 11.8 Å². The summed E-state index contributed by atoms with van der Waals surface area (Å²) in [6.07, 6.45) is 0. The van der Waals surface area contributed by atoms with E-state index in [1.807, 2.05) is 28.8 Å². The van der Waals surface area contributed by atoms with E-state index in [0.717, 1.165) is 10.5 Å². The summed E-state index contributed by atoms with van der Waals surface area (Å²) in [6.45, 7) is 5.95. The number of carbonyl (C=O) groups is 2. The van der Waals surface area contributed by atoms with Gasteiger partial charge >= 0.3 is 5.97 Å². The van der Waals surface area contributed by atoms with Crippen LogP contribution in [0, 0.1) is 6.92 Å². The number of rotatable bonds is 9. The number of thioether (sulfide) groups is 1. The summed E-state index contributed by atoms with van der Waals surface area (Å²) < 4.78 is 6.14. The number of carbonyl (C=O) groups excluding carboxylic acids is 1. The molecule has 0 saturated heterocycles. The van der Waals surface area contributed by atoms with Gasteiger partial charge in [0.1, 0.15) is 16.3 Å². The highest BCUT2D eigenvalue weighted by molar-refractivity contribution is 8.01. The van der Waals surface area contributed by atoms with Gasteiger partial charge in [-0.05, 0) is 45.0 Å². The van der Waals surface area contributed by atoms with Gasteiger partial charge in [0.05, 0.1) is 23.0 Å². The van der Waals surface area contributed by atoms with Crippen LogP contribution in [0.1, 0.15) is 30.0 Å².